The van der Waals surface area contributed by atoms with Crippen LogP contribution in [0.3, 0.4) is 0 Å². The molecule has 0 heterocycles. The second-order valence-electron chi connectivity index (χ2n) is 5.94. The molecule has 0 atom stereocenters. The Morgan fingerprint density at radius 2 is 1.92 bits per heavy atom. The lowest BCUT2D eigenvalue weighted by molar-refractivity contribution is -0.125. The van der Waals surface area contributed by atoms with Gasteiger partial charge in [-0.1, -0.05) is 29.4 Å². The summed E-state index contributed by atoms with van der Waals surface area (Å²) in [6, 6.07) is 13.6. The molecule has 0 unspecified atom stereocenters. The van der Waals surface area contributed by atoms with E-state index in [0.29, 0.717) is 18.7 Å². The number of halogens is 1. The number of nitrogens with one attached hydrogen (secondary N) is 1. The summed E-state index contributed by atoms with van der Waals surface area (Å²) in [5.74, 6) is 0.166. The van der Waals surface area contributed by atoms with E-state index in [1.807, 2.05) is 38.1 Å². The molecule has 1 N–H and O–H groups in total. The summed E-state index contributed by atoms with van der Waals surface area (Å²) < 4.78 is 18.5. The summed E-state index contributed by atoms with van der Waals surface area (Å²) >= 11 is 0. The Balaban J connectivity index is 1.71. The summed E-state index contributed by atoms with van der Waals surface area (Å²) in [5, 5.41) is 6.54. The first-order valence-corrected chi connectivity index (χ1v) is 8.47. The monoisotopic (exact) mass is 358 g/mol. The number of hydrogen-bond acceptors (Lipinski definition) is 4. The Morgan fingerprint density at radius 3 is 2.65 bits per heavy atom. The van der Waals surface area contributed by atoms with Gasteiger partial charge in [0.05, 0.1) is 12.3 Å². The fraction of sp³-hybridized carbons (Fsp3) is 0.300. The van der Waals surface area contributed by atoms with E-state index in [9.17, 15) is 9.18 Å². The molecule has 0 aliphatic rings. The lowest BCUT2D eigenvalue weighted by atomic mass is 10.1. The van der Waals surface area contributed by atoms with Crippen molar-refractivity contribution in [3.05, 3.63) is 65.5 Å². The molecule has 0 aliphatic carbocycles. The van der Waals surface area contributed by atoms with Crippen LogP contribution < -0.4 is 10.1 Å². The largest absolute Gasteiger partial charge is 0.490 e. The Kier molecular flexibility index (Phi) is 7.61. The smallest absolute Gasteiger partial charge is 0.260 e. The minimum atomic E-state index is -0.274. The van der Waals surface area contributed by atoms with Crippen LogP contribution in [-0.4, -0.2) is 31.4 Å². The average molecular weight is 358 g/mol. The highest BCUT2D eigenvalue weighted by Gasteiger charge is 2.04. The van der Waals surface area contributed by atoms with Crippen LogP contribution >= 0.6 is 0 Å². The van der Waals surface area contributed by atoms with Gasteiger partial charge < -0.3 is 14.9 Å². The highest BCUT2D eigenvalue weighted by Crippen LogP contribution is 2.17. The second-order valence-corrected chi connectivity index (χ2v) is 5.94. The van der Waals surface area contributed by atoms with Crippen molar-refractivity contribution in [3.8, 4) is 5.75 Å². The summed E-state index contributed by atoms with van der Waals surface area (Å²) in [6.45, 7) is 4.16. The third kappa shape index (κ3) is 6.93. The van der Waals surface area contributed by atoms with Crippen molar-refractivity contribution >= 4 is 12.1 Å². The first kappa shape index (κ1) is 19.4. The molecule has 138 valence electrons. The highest BCUT2D eigenvalue weighted by molar-refractivity contribution is 5.83. The van der Waals surface area contributed by atoms with Crippen LogP contribution in [0.4, 0.5) is 4.39 Å². The molecule has 0 spiro atoms. The zero-order valence-electron chi connectivity index (χ0n) is 14.9. The van der Waals surface area contributed by atoms with Crippen LogP contribution in [0.25, 0.3) is 0 Å². The number of oxime groups is 1. The summed E-state index contributed by atoms with van der Waals surface area (Å²) in [7, 11) is 0. The summed E-state index contributed by atoms with van der Waals surface area (Å²) in [4.78, 5) is 16.7. The third-order valence-electron chi connectivity index (χ3n) is 3.39. The maximum Gasteiger partial charge on any atom is 0.260 e. The Bertz CT molecular complexity index is 730. The van der Waals surface area contributed by atoms with Gasteiger partial charge in [-0.25, -0.2) is 4.39 Å². The molecule has 0 saturated heterocycles. The van der Waals surface area contributed by atoms with Crippen molar-refractivity contribution in [1.82, 2.24) is 5.32 Å². The van der Waals surface area contributed by atoms with Crippen molar-refractivity contribution in [2.24, 2.45) is 5.16 Å². The van der Waals surface area contributed by atoms with Crippen molar-refractivity contribution in [2.45, 2.75) is 26.4 Å². The first-order chi connectivity index (χ1) is 12.5. The van der Waals surface area contributed by atoms with Crippen LogP contribution in [0.1, 0.15) is 25.0 Å². The van der Waals surface area contributed by atoms with E-state index in [1.54, 1.807) is 12.1 Å². The van der Waals surface area contributed by atoms with Gasteiger partial charge in [0.2, 0.25) is 0 Å². The van der Waals surface area contributed by atoms with E-state index < -0.39 is 0 Å². The quantitative estimate of drug-likeness (QED) is 0.553. The van der Waals surface area contributed by atoms with Gasteiger partial charge >= 0.3 is 0 Å². The SMILES string of the molecule is CC(C)Oc1ccccc1/C=N/OCC(=O)NCCc1ccc(F)cc1. The molecule has 1 amide bonds. The van der Waals surface area contributed by atoms with Crippen LogP contribution in [0.2, 0.25) is 0 Å². The zero-order chi connectivity index (χ0) is 18.8. The van der Waals surface area contributed by atoms with Gasteiger partial charge in [-0.05, 0) is 50.1 Å². The van der Waals surface area contributed by atoms with Crippen LogP contribution in [0.15, 0.2) is 53.7 Å². The molecule has 5 nitrogen and oxygen atoms in total. The predicted molar refractivity (Wildman–Crippen MR) is 98.9 cm³/mol. The minimum absolute atomic E-state index is 0.0531. The zero-order valence-corrected chi connectivity index (χ0v) is 14.9. The fourth-order valence-corrected chi connectivity index (χ4v) is 2.19. The number of hydrogen-bond donors (Lipinski definition) is 1. The van der Waals surface area contributed by atoms with Crippen LogP contribution in [0.5, 0.6) is 5.75 Å². The minimum Gasteiger partial charge on any atom is -0.490 e. The second kappa shape index (κ2) is 10.2. The van der Waals surface area contributed by atoms with Gasteiger partial charge in [0.15, 0.2) is 6.61 Å². The summed E-state index contributed by atoms with van der Waals surface area (Å²) in [5.41, 5.74) is 1.73. The van der Waals surface area contributed by atoms with Crippen LogP contribution in [-0.2, 0) is 16.1 Å². The van der Waals surface area contributed by atoms with E-state index >= 15 is 0 Å². The maximum absolute atomic E-state index is 12.8. The molecular formula is C20H23FN2O3. The van der Waals surface area contributed by atoms with Crippen molar-refractivity contribution < 1.29 is 18.8 Å². The Morgan fingerprint density at radius 1 is 1.19 bits per heavy atom. The maximum atomic E-state index is 12.8. The lowest BCUT2D eigenvalue weighted by Gasteiger charge is -2.11. The van der Waals surface area contributed by atoms with E-state index in [0.717, 1.165) is 11.1 Å². The van der Waals surface area contributed by atoms with Gasteiger partial charge in [-0.3, -0.25) is 4.79 Å². The molecule has 0 radical (unpaired) electrons. The molecule has 0 aliphatic heterocycles. The summed E-state index contributed by atoms with van der Waals surface area (Å²) in [6.07, 6.45) is 2.19. The van der Waals surface area contributed by atoms with Crippen molar-refractivity contribution in [1.29, 1.82) is 0 Å². The van der Waals surface area contributed by atoms with Gasteiger partial charge in [0.25, 0.3) is 5.91 Å². The number of carbonyl (C=O) groups is 1. The Hall–Kier alpha value is -2.89. The molecule has 0 aromatic heterocycles. The van der Waals surface area contributed by atoms with Crippen molar-refractivity contribution in [2.75, 3.05) is 13.2 Å². The van der Waals surface area contributed by atoms with Crippen molar-refractivity contribution in [3.63, 3.8) is 0 Å². The van der Waals surface area contributed by atoms with Gasteiger partial charge in [-0.2, -0.15) is 0 Å². The number of benzene rings is 2. The van der Waals surface area contributed by atoms with Crippen LogP contribution in [0, 0.1) is 5.82 Å². The molecule has 2 rings (SSSR count). The van der Waals surface area contributed by atoms with E-state index in [4.69, 9.17) is 9.57 Å². The number of nitrogens with zero attached hydrogens (tertiary/aromatic N) is 1. The Labute approximate surface area is 152 Å². The molecule has 0 saturated carbocycles. The average Bonchev–Trinajstić information content (AvgIpc) is 2.61. The molecule has 6 heteroatoms. The van der Waals surface area contributed by atoms with Gasteiger partial charge in [0.1, 0.15) is 11.6 Å². The molecular weight excluding hydrogens is 335 g/mol. The topological polar surface area (TPSA) is 59.9 Å². The molecule has 0 fully saturated rings. The number of carbonyl (C=O) groups excluding carboxylic acids is 1. The normalized spacial score (nSPS) is 10.9. The number of rotatable bonds is 9. The first-order valence-electron chi connectivity index (χ1n) is 8.47. The number of amides is 1. The molecule has 0 bridgehead atoms. The van der Waals surface area contributed by atoms with E-state index in [2.05, 4.69) is 10.5 Å². The van der Waals surface area contributed by atoms with E-state index in [-0.39, 0.29) is 24.4 Å². The molecule has 26 heavy (non-hydrogen) atoms. The van der Waals surface area contributed by atoms with E-state index in [1.165, 1.54) is 18.3 Å². The molecule has 2 aromatic carbocycles. The number of para-hydroxylation sites is 1. The molecule has 2 aromatic rings. The fourth-order valence-electron chi connectivity index (χ4n) is 2.19. The predicted octanol–water partition coefficient (Wildman–Crippen LogP) is 3.32. The standard InChI is InChI=1S/C20H23FN2O3/c1-15(2)26-19-6-4-3-5-17(19)13-23-25-14-20(24)22-12-11-16-7-9-18(21)10-8-16/h3-10,13,15H,11-12,14H2,1-2H3,(H,22,24)/b23-13+. The lowest BCUT2D eigenvalue weighted by Crippen LogP contribution is -2.28. The highest BCUT2D eigenvalue weighted by atomic mass is 19.1. The number of ether oxygens (including phenoxy) is 1. The third-order valence-corrected chi connectivity index (χ3v) is 3.39. The van der Waals surface area contributed by atoms with Gasteiger partial charge in [0, 0.05) is 12.1 Å². The van der Waals surface area contributed by atoms with Gasteiger partial charge in [-0.15, -0.1) is 0 Å².